The minimum absolute atomic E-state index is 0.222. The molecular formula is C11H17NO2S. The van der Waals surface area contributed by atoms with Crippen LogP contribution in [0.3, 0.4) is 0 Å². The third-order valence-electron chi connectivity index (χ3n) is 2.35. The first-order chi connectivity index (χ1) is 7.34. The minimum Gasteiger partial charge on any atom is -0.376 e. The van der Waals surface area contributed by atoms with Gasteiger partial charge in [-0.1, -0.05) is 0 Å². The normalized spacial score (nSPS) is 21.8. The molecule has 0 saturated carbocycles. The summed E-state index contributed by atoms with van der Waals surface area (Å²) in [5.41, 5.74) is 0. The van der Waals surface area contributed by atoms with Crippen LogP contribution in [0.25, 0.3) is 0 Å². The van der Waals surface area contributed by atoms with Gasteiger partial charge < -0.3 is 14.8 Å². The summed E-state index contributed by atoms with van der Waals surface area (Å²) < 4.78 is 10.9. The Kier molecular flexibility index (Phi) is 4.14. The van der Waals surface area contributed by atoms with Crippen molar-refractivity contribution in [2.24, 2.45) is 0 Å². The van der Waals surface area contributed by atoms with E-state index in [1.54, 1.807) is 0 Å². The van der Waals surface area contributed by atoms with Crippen molar-refractivity contribution in [1.82, 2.24) is 5.32 Å². The molecule has 0 aliphatic carbocycles. The molecule has 2 heterocycles. The molecule has 15 heavy (non-hydrogen) atoms. The Morgan fingerprint density at radius 1 is 1.47 bits per heavy atom. The Balaban J connectivity index is 1.65. The van der Waals surface area contributed by atoms with E-state index >= 15 is 0 Å². The molecular weight excluding hydrogens is 210 g/mol. The lowest BCUT2D eigenvalue weighted by atomic mass is 10.3. The van der Waals surface area contributed by atoms with E-state index in [1.807, 2.05) is 11.3 Å². The Morgan fingerprint density at radius 3 is 3.07 bits per heavy atom. The molecule has 0 spiro atoms. The molecule has 1 aromatic rings. The second-order valence-electron chi connectivity index (χ2n) is 3.71. The summed E-state index contributed by atoms with van der Waals surface area (Å²) in [5.74, 6) is 0. The van der Waals surface area contributed by atoms with E-state index < -0.39 is 0 Å². The van der Waals surface area contributed by atoms with E-state index in [1.165, 1.54) is 9.75 Å². The van der Waals surface area contributed by atoms with Crippen LogP contribution in [0.2, 0.25) is 0 Å². The van der Waals surface area contributed by atoms with Crippen LogP contribution < -0.4 is 5.32 Å². The van der Waals surface area contributed by atoms with Gasteiger partial charge >= 0.3 is 0 Å². The third kappa shape index (κ3) is 3.57. The summed E-state index contributed by atoms with van der Waals surface area (Å²) in [4.78, 5) is 2.74. The van der Waals surface area contributed by atoms with Crippen molar-refractivity contribution < 1.29 is 9.47 Å². The van der Waals surface area contributed by atoms with Crippen LogP contribution in [0.1, 0.15) is 9.75 Å². The zero-order valence-corrected chi connectivity index (χ0v) is 9.81. The van der Waals surface area contributed by atoms with Crippen LogP contribution in [-0.2, 0) is 16.0 Å². The molecule has 1 fully saturated rings. The highest BCUT2D eigenvalue weighted by molar-refractivity contribution is 7.11. The van der Waals surface area contributed by atoms with Gasteiger partial charge in [0.2, 0.25) is 0 Å². The van der Waals surface area contributed by atoms with E-state index in [2.05, 4.69) is 24.4 Å². The van der Waals surface area contributed by atoms with Gasteiger partial charge in [-0.3, -0.25) is 0 Å². The third-order valence-corrected chi connectivity index (χ3v) is 3.35. The lowest BCUT2D eigenvalue weighted by Gasteiger charge is -2.22. The molecule has 3 nitrogen and oxygen atoms in total. The summed E-state index contributed by atoms with van der Waals surface area (Å²) in [6, 6.07) is 4.33. The average Bonchev–Trinajstić information content (AvgIpc) is 2.66. The molecule has 1 aliphatic rings. The first kappa shape index (κ1) is 11.1. The van der Waals surface area contributed by atoms with Gasteiger partial charge in [0, 0.05) is 22.8 Å². The largest absolute Gasteiger partial charge is 0.376 e. The molecule has 0 radical (unpaired) electrons. The Labute approximate surface area is 94.4 Å². The maximum absolute atomic E-state index is 5.54. The van der Waals surface area contributed by atoms with Crippen molar-refractivity contribution in [2.75, 3.05) is 26.4 Å². The van der Waals surface area contributed by atoms with E-state index in [9.17, 15) is 0 Å². The number of thiophene rings is 1. The van der Waals surface area contributed by atoms with Crippen LogP contribution in [0.4, 0.5) is 0 Å². The Bertz CT molecular complexity index is 295. The highest BCUT2D eigenvalue weighted by atomic mass is 32.1. The van der Waals surface area contributed by atoms with Crippen LogP contribution >= 0.6 is 11.3 Å². The molecule has 2 rings (SSSR count). The quantitative estimate of drug-likeness (QED) is 0.847. The standard InChI is InChI=1S/C11H17NO2S/c1-9-2-3-11(15-9)7-12-6-10-8-13-4-5-14-10/h2-3,10,12H,4-8H2,1H3. The topological polar surface area (TPSA) is 30.5 Å². The predicted molar refractivity (Wildman–Crippen MR) is 61.3 cm³/mol. The number of hydrogen-bond acceptors (Lipinski definition) is 4. The smallest absolute Gasteiger partial charge is 0.0933 e. The predicted octanol–water partition coefficient (Wildman–Crippen LogP) is 1.56. The highest BCUT2D eigenvalue weighted by Crippen LogP contribution is 2.14. The van der Waals surface area contributed by atoms with Gasteiger partial charge in [-0.2, -0.15) is 0 Å². The molecule has 1 aliphatic heterocycles. The first-order valence-electron chi connectivity index (χ1n) is 5.30. The van der Waals surface area contributed by atoms with Gasteiger partial charge in [0.05, 0.1) is 25.9 Å². The van der Waals surface area contributed by atoms with Crippen molar-refractivity contribution >= 4 is 11.3 Å². The van der Waals surface area contributed by atoms with Gasteiger partial charge in [-0.25, -0.2) is 0 Å². The van der Waals surface area contributed by atoms with Gasteiger partial charge in [-0.15, -0.1) is 11.3 Å². The number of aryl methyl sites for hydroxylation is 1. The van der Waals surface area contributed by atoms with Crippen molar-refractivity contribution in [3.05, 3.63) is 21.9 Å². The second-order valence-corrected chi connectivity index (χ2v) is 5.08. The molecule has 1 N–H and O–H groups in total. The molecule has 1 unspecified atom stereocenters. The van der Waals surface area contributed by atoms with Crippen molar-refractivity contribution in [2.45, 2.75) is 19.6 Å². The summed E-state index contributed by atoms with van der Waals surface area (Å²) in [6.45, 7) is 6.11. The van der Waals surface area contributed by atoms with Crippen LogP contribution in [0, 0.1) is 6.92 Å². The molecule has 1 saturated heterocycles. The fourth-order valence-electron chi connectivity index (χ4n) is 1.59. The van der Waals surface area contributed by atoms with E-state index in [-0.39, 0.29) is 6.10 Å². The van der Waals surface area contributed by atoms with Crippen LogP contribution in [-0.4, -0.2) is 32.5 Å². The monoisotopic (exact) mass is 227 g/mol. The van der Waals surface area contributed by atoms with Gasteiger partial charge in [-0.05, 0) is 19.1 Å². The number of nitrogens with one attached hydrogen (secondary N) is 1. The molecule has 0 bridgehead atoms. The SMILES string of the molecule is Cc1ccc(CNCC2COCCO2)s1. The molecule has 84 valence electrons. The van der Waals surface area contributed by atoms with E-state index in [0.717, 1.165) is 32.9 Å². The maximum Gasteiger partial charge on any atom is 0.0933 e. The highest BCUT2D eigenvalue weighted by Gasteiger charge is 2.13. The lowest BCUT2D eigenvalue weighted by Crippen LogP contribution is -2.37. The average molecular weight is 227 g/mol. The number of rotatable bonds is 4. The summed E-state index contributed by atoms with van der Waals surface area (Å²) in [5, 5.41) is 3.39. The zero-order valence-electron chi connectivity index (χ0n) is 8.99. The van der Waals surface area contributed by atoms with Crippen LogP contribution in [0.15, 0.2) is 12.1 Å². The molecule has 0 aromatic carbocycles. The summed E-state index contributed by atoms with van der Waals surface area (Å²) in [6.07, 6.45) is 0.222. The van der Waals surface area contributed by atoms with E-state index in [4.69, 9.17) is 9.47 Å². The van der Waals surface area contributed by atoms with Gasteiger partial charge in [0.1, 0.15) is 0 Å². The van der Waals surface area contributed by atoms with Gasteiger partial charge in [0.15, 0.2) is 0 Å². The number of ether oxygens (including phenoxy) is 2. The maximum atomic E-state index is 5.54. The summed E-state index contributed by atoms with van der Waals surface area (Å²) >= 11 is 1.84. The summed E-state index contributed by atoms with van der Waals surface area (Å²) in [7, 11) is 0. The Hall–Kier alpha value is -0.420. The number of hydrogen-bond donors (Lipinski definition) is 1. The second kappa shape index (κ2) is 5.61. The lowest BCUT2D eigenvalue weighted by molar-refractivity contribution is -0.0864. The van der Waals surface area contributed by atoms with E-state index in [0.29, 0.717) is 0 Å². The van der Waals surface area contributed by atoms with Crippen LogP contribution in [0.5, 0.6) is 0 Å². The van der Waals surface area contributed by atoms with Crippen molar-refractivity contribution in [3.8, 4) is 0 Å². The molecule has 0 amide bonds. The van der Waals surface area contributed by atoms with Crippen molar-refractivity contribution in [1.29, 1.82) is 0 Å². The molecule has 1 atom stereocenters. The van der Waals surface area contributed by atoms with Crippen molar-refractivity contribution in [3.63, 3.8) is 0 Å². The fraction of sp³-hybridized carbons (Fsp3) is 0.636. The Morgan fingerprint density at radius 2 is 2.40 bits per heavy atom. The molecule has 1 aromatic heterocycles. The first-order valence-corrected chi connectivity index (χ1v) is 6.11. The molecule has 4 heteroatoms. The minimum atomic E-state index is 0.222. The van der Waals surface area contributed by atoms with Gasteiger partial charge in [0.25, 0.3) is 0 Å². The zero-order chi connectivity index (χ0) is 10.5. The fourth-order valence-corrected chi connectivity index (χ4v) is 2.45.